The maximum absolute atomic E-state index is 11.5. The second-order valence-corrected chi connectivity index (χ2v) is 4.32. The Morgan fingerprint density at radius 3 is 2.85 bits per heavy atom. The van der Waals surface area contributed by atoms with E-state index in [0.717, 1.165) is 11.3 Å². The summed E-state index contributed by atoms with van der Waals surface area (Å²) >= 11 is 0. The SMILES string of the molecule is [B]C(=O)NCCc1nc2cc(C(=O)OC)ccc2n1C. The van der Waals surface area contributed by atoms with Gasteiger partial charge in [0.1, 0.15) is 5.82 Å². The number of rotatable bonds is 4. The molecule has 0 aliphatic heterocycles. The molecule has 1 heterocycles. The van der Waals surface area contributed by atoms with Gasteiger partial charge in [-0.25, -0.2) is 9.78 Å². The van der Waals surface area contributed by atoms with Crippen LogP contribution in [-0.4, -0.2) is 42.8 Å². The molecule has 20 heavy (non-hydrogen) atoms. The summed E-state index contributed by atoms with van der Waals surface area (Å²) in [6.45, 7) is 0.413. The summed E-state index contributed by atoms with van der Waals surface area (Å²) in [5, 5.41) is 2.52. The highest BCUT2D eigenvalue weighted by Gasteiger charge is 2.11. The number of methoxy groups -OCH3 is 1. The number of esters is 1. The molecule has 0 unspecified atom stereocenters. The minimum Gasteiger partial charge on any atom is -0.465 e. The number of hydrogen-bond acceptors (Lipinski definition) is 4. The zero-order chi connectivity index (χ0) is 14.7. The Hall–Kier alpha value is -2.31. The molecule has 1 aromatic heterocycles. The summed E-state index contributed by atoms with van der Waals surface area (Å²) in [7, 11) is 8.23. The molecule has 0 spiro atoms. The van der Waals surface area contributed by atoms with Crippen molar-refractivity contribution in [2.24, 2.45) is 7.05 Å². The molecule has 0 bridgehead atoms. The molecule has 1 amide bonds. The van der Waals surface area contributed by atoms with E-state index < -0.39 is 11.8 Å². The largest absolute Gasteiger partial charge is 0.465 e. The van der Waals surface area contributed by atoms with Crippen molar-refractivity contribution in [1.29, 1.82) is 0 Å². The first kappa shape index (κ1) is 14.1. The van der Waals surface area contributed by atoms with Crippen LogP contribution in [0.3, 0.4) is 0 Å². The molecule has 7 heteroatoms. The fraction of sp³-hybridized carbons (Fsp3) is 0.308. The third kappa shape index (κ3) is 2.82. The number of nitrogens with zero attached hydrogens (tertiary/aromatic N) is 2. The molecular formula is C13H14BN3O3. The number of amides is 1. The van der Waals surface area contributed by atoms with Crippen LogP contribution in [0.2, 0.25) is 0 Å². The number of carbonyl (C=O) groups excluding carboxylic acids is 2. The van der Waals surface area contributed by atoms with Crippen LogP contribution in [0.1, 0.15) is 16.2 Å². The summed E-state index contributed by atoms with van der Waals surface area (Å²) in [5.74, 6) is -0.151. The number of fused-ring (bicyclic) bond motifs is 1. The van der Waals surface area contributed by atoms with Crippen LogP contribution < -0.4 is 5.32 Å². The van der Waals surface area contributed by atoms with Crippen molar-refractivity contribution >= 4 is 30.7 Å². The van der Waals surface area contributed by atoms with Gasteiger partial charge in [-0.2, -0.15) is 0 Å². The summed E-state index contributed by atoms with van der Waals surface area (Å²) in [4.78, 5) is 26.6. The average molecular weight is 271 g/mol. The quantitative estimate of drug-likeness (QED) is 0.658. The Morgan fingerprint density at radius 1 is 1.45 bits per heavy atom. The lowest BCUT2D eigenvalue weighted by Crippen LogP contribution is -2.24. The Morgan fingerprint density at radius 2 is 2.20 bits per heavy atom. The Kier molecular flexibility index (Phi) is 4.07. The minimum absolute atomic E-state index is 0.394. The number of benzene rings is 1. The predicted molar refractivity (Wildman–Crippen MR) is 74.9 cm³/mol. The molecule has 0 atom stereocenters. The number of nitrogens with one attached hydrogen (secondary N) is 1. The molecule has 102 valence electrons. The molecule has 1 N–H and O–H groups in total. The van der Waals surface area contributed by atoms with Crippen LogP contribution in [0.15, 0.2) is 18.2 Å². The van der Waals surface area contributed by atoms with Crippen molar-refractivity contribution in [2.75, 3.05) is 13.7 Å². The van der Waals surface area contributed by atoms with Gasteiger partial charge in [-0.3, -0.25) is 4.79 Å². The van der Waals surface area contributed by atoms with Gasteiger partial charge in [-0.1, -0.05) is 0 Å². The van der Waals surface area contributed by atoms with Crippen LogP contribution in [0.5, 0.6) is 0 Å². The smallest absolute Gasteiger partial charge is 0.337 e. The van der Waals surface area contributed by atoms with Gasteiger partial charge in [0.15, 0.2) is 13.7 Å². The summed E-state index contributed by atoms with van der Waals surface area (Å²) in [6, 6.07) is 5.20. The van der Waals surface area contributed by atoms with Gasteiger partial charge in [-0.15, -0.1) is 0 Å². The van der Waals surface area contributed by atoms with E-state index in [4.69, 9.17) is 7.85 Å². The van der Waals surface area contributed by atoms with E-state index in [1.165, 1.54) is 7.11 Å². The summed E-state index contributed by atoms with van der Waals surface area (Å²) in [6.07, 6.45) is 0.557. The zero-order valence-corrected chi connectivity index (χ0v) is 11.3. The molecule has 0 aliphatic rings. The molecule has 0 aliphatic carbocycles. The lowest BCUT2D eigenvalue weighted by atomic mass is 10.1. The van der Waals surface area contributed by atoms with Crippen LogP contribution in [0, 0.1) is 0 Å². The van der Waals surface area contributed by atoms with Gasteiger partial charge >= 0.3 is 5.97 Å². The van der Waals surface area contributed by atoms with E-state index >= 15 is 0 Å². The molecule has 0 saturated carbocycles. The number of imidazole rings is 1. The van der Waals surface area contributed by atoms with E-state index in [-0.39, 0.29) is 0 Å². The van der Waals surface area contributed by atoms with Gasteiger partial charge < -0.3 is 14.6 Å². The second kappa shape index (κ2) is 5.77. The highest BCUT2D eigenvalue weighted by atomic mass is 16.5. The normalized spacial score (nSPS) is 10.5. The van der Waals surface area contributed by atoms with Crippen molar-refractivity contribution in [1.82, 2.24) is 14.9 Å². The fourth-order valence-electron chi connectivity index (χ4n) is 2.02. The van der Waals surface area contributed by atoms with E-state index in [1.807, 2.05) is 17.7 Å². The third-order valence-corrected chi connectivity index (χ3v) is 3.04. The molecule has 2 radical (unpaired) electrons. The fourth-order valence-corrected chi connectivity index (χ4v) is 2.02. The highest BCUT2D eigenvalue weighted by molar-refractivity contribution is 6.57. The first-order valence-electron chi connectivity index (χ1n) is 6.10. The number of carbonyl (C=O) groups is 2. The van der Waals surface area contributed by atoms with E-state index in [2.05, 4.69) is 15.0 Å². The monoisotopic (exact) mass is 271 g/mol. The molecule has 2 rings (SSSR count). The molecule has 1 aromatic carbocycles. The maximum Gasteiger partial charge on any atom is 0.337 e. The number of aryl methyl sites for hydroxylation is 1. The Bertz CT molecular complexity index is 666. The molecule has 0 fully saturated rings. The maximum atomic E-state index is 11.5. The van der Waals surface area contributed by atoms with Crippen molar-refractivity contribution in [3.63, 3.8) is 0 Å². The lowest BCUT2D eigenvalue weighted by molar-refractivity contribution is 0.0601. The van der Waals surface area contributed by atoms with Crippen molar-refractivity contribution < 1.29 is 14.3 Å². The van der Waals surface area contributed by atoms with Crippen LogP contribution in [-0.2, 0) is 18.2 Å². The van der Waals surface area contributed by atoms with Gasteiger partial charge in [0.2, 0.25) is 0 Å². The van der Waals surface area contributed by atoms with E-state index in [0.29, 0.717) is 24.0 Å². The lowest BCUT2D eigenvalue weighted by Gasteiger charge is -2.03. The molecule has 2 aromatic rings. The van der Waals surface area contributed by atoms with Crippen molar-refractivity contribution in [3.8, 4) is 0 Å². The average Bonchev–Trinajstić information content (AvgIpc) is 2.74. The topological polar surface area (TPSA) is 73.2 Å². The minimum atomic E-state index is -0.559. The van der Waals surface area contributed by atoms with Gasteiger partial charge in [0.05, 0.1) is 23.7 Å². The molecule has 0 saturated heterocycles. The van der Waals surface area contributed by atoms with Crippen LogP contribution in [0.4, 0.5) is 4.79 Å². The Labute approximate surface area is 117 Å². The molecule has 6 nitrogen and oxygen atoms in total. The number of hydrogen-bond donors (Lipinski definition) is 1. The van der Waals surface area contributed by atoms with Gasteiger partial charge in [0, 0.05) is 20.0 Å². The standard InChI is InChI=1S/C13H14BN3O3/c1-17-10-4-3-8(12(18)20-2)7-9(10)16-11(17)5-6-15-13(14)19/h3-4,7H,5-6H2,1-2H3,(H,15,19). The van der Waals surface area contributed by atoms with Crippen LogP contribution in [0.25, 0.3) is 11.0 Å². The number of ether oxygens (including phenoxy) is 1. The van der Waals surface area contributed by atoms with Crippen molar-refractivity contribution in [2.45, 2.75) is 6.42 Å². The zero-order valence-electron chi connectivity index (χ0n) is 11.3. The van der Waals surface area contributed by atoms with E-state index in [9.17, 15) is 9.59 Å². The Balaban J connectivity index is 2.27. The van der Waals surface area contributed by atoms with Crippen LogP contribution >= 0.6 is 0 Å². The first-order valence-corrected chi connectivity index (χ1v) is 6.10. The first-order chi connectivity index (χ1) is 9.52. The van der Waals surface area contributed by atoms with Crippen molar-refractivity contribution in [3.05, 3.63) is 29.6 Å². The van der Waals surface area contributed by atoms with Gasteiger partial charge in [0.25, 0.3) is 0 Å². The second-order valence-electron chi connectivity index (χ2n) is 4.32. The third-order valence-electron chi connectivity index (χ3n) is 3.04. The molecular weight excluding hydrogens is 257 g/mol. The predicted octanol–water partition coefficient (Wildman–Crippen LogP) is 0.780. The summed E-state index contributed by atoms with van der Waals surface area (Å²) < 4.78 is 6.59. The number of aromatic nitrogens is 2. The van der Waals surface area contributed by atoms with E-state index in [1.54, 1.807) is 12.1 Å². The van der Waals surface area contributed by atoms with Gasteiger partial charge in [-0.05, 0) is 18.2 Å². The summed E-state index contributed by atoms with van der Waals surface area (Å²) in [5.41, 5.74) is 2.08. The highest BCUT2D eigenvalue weighted by Crippen LogP contribution is 2.17.